The average Bonchev–Trinajstić information content (AvgIpc) is 3.17. The summed E-state index contributed by atoms with van der Waals surface area (Å²) in [7, 11) is 0. The molecule has 2 amide bonds. The van der Waals surface area contributed by atoms with Gasteiger partial charge in [0.1, 0.15) is 0 Å². The zero-order chi connectivity index (χ0) is 25.1. The number of nitrogens with zero attached hydrogens (tertiary/aromatic N) is 3. The summed E-state index contributed by atoms with van der Waals surface area (Å²) in [5, 5.41) is 9.20. The quantitative estimate of drug-likeness (QED) is 0.425. The van der Waals surface area contributed by atoms with Crippen LogP contribution in [0.2, 0.25) is 15.1 Å². The summed E-state index contributed by atoms with van der Waals surface area (Å²) in [6.45, 7) is 4.92. The maximum Gasteiger partial charge on any atom is 0.409 e. The Hall–Kier alpha value is -2.74. The largest absolute Gasteiger partial charge is 0.450 e. The number of benzene rings is 2. The molecular weight excluding hydrogens is 511 g/mol. The van der Waals surface area contributed by atoms with E-state index in [1.807, 2.05) is 19.1 Å². The van der Waals surface area contributed by atoms with Crippen molar-refractivity contribution in [2.75, 3.05) is 19.7 Å². The van der Waals surface area contributed by atoms with E-state index in [0.717, 1.165) is 18.4 Å². The minimum Gasteiger partial charge on any atom is -0.450 e. The van der Waals surface area contributed by atoms with Crippen molar-refractivity contribution in [1.29, 1.82) is 0 Å². The van der Waals surface area contributed by atoms with Crippen LogP contribution in [-0.4, -0.2) is 52.4 Å². The van der Waals surface area contributed by atoms with Gasteiger partial charge >= 0.3 is 6.09 Å². The highest BCUT2D eigenvalue weighted by atomic mass is 35.5. The third kappa shape index (κ3) is 5.58. The molecule has 0 bridgehead atoms. The van der Waals surface area contributed by atoms with Crippen LogP contribution < -0.4 is 5.32 Å². The van der Waals surface area contributed by atoms with E-state index in [4.69, 9.17) is 39.5 Å². The molecule has 0 unspecified atom stereocenters. The van der Waals surface area contributed by atoms with Crippen LogP contribution in [0.1, 0.15) is 35.8 Å². The summed E-state index contributed by atoms with van der Waals surface area (Å²) in [4.78, 5) is 27.1. The van der Waals surface area contributed by atoms with Crippen LogP contribution in [0.5, 0.6) is 0 Å². The summed E-state index contributed by atoms with van der Waals surface area (Å²) >= 11 is 18.7. The fourth-order valence-electron chi connectivity index (χ4n) is 4.21. The van der Waals surface area contributed by atoms with Crippen molar-refractivity contribution in [2.24, 2.45) is 0 Å². The maximum atomic E-state index is 13.4. The molecular formula is C25H25Cl3N4O3. The van der Waals surface area contributed by atoms with Gasteiger partial charge in [0.15, 0.2) is 5.69 Å². The van der Waals surface area contributed by atoms with Crippen molar-refractivity contribution < 1.29 is 14.3 Å². The topological polar surface area (TPSA) is 76.5 Å². The predicted octanol–water partition coefficient (Wildman–Crippen LogP) is 6.16. The van der Waals surface area contributed by atoms with E-state index >= 15 is 0 Å². The first-order valence-electron chi connectivity index (χ1n) is 11.3. The van der Waals surface area contributed by atoms with Crippen LogP contribution in [0.4, 0.5) is 4.79 Å². The Labute approximate surface area is 218 Å². The molecule has 1 saturated heterocycles. The first-order valence-corrected chi connectivity index (χ1v) is 12.5. The van der Waals surface area contributed by atoms with Crippen molar-refractivity contribution >= 4 is 46.8 Å². The summed E-state index contributed by atoms with van der Waals surface area (Å²) < 4.78 is 6.76. The SMILES string of the molecule is CCOC(=O)N1CCC[C@@H](NC(=O)c2nn(-c3ccc(Cl)cc3Cl)c(-c3ccc(Cl)cc3)c2C)C1. The number of piperidine rings is 1. The molecule has 35 heavy (non-hydrogen) atoms. The van der Waals surface area contributed by atoms with Gasteiger partial charge in [-0.2, -0.15) is 5.10 Å². The second kappa shape index (κ2) is 10.9. The van der Waals surface area contributed by atoms with Gasteiger partial charge in [-0.05, 0) is 57.0 Å². The Morgan fingerprint density at radius 1 is 1.11 bits per heavy atom. The van der Waals surface area contributed by atoms with Crippen LogP contribution in [0.15, 0.2) is 42.5 Å². The standard InChI is InChI=1S/C25H25Cl3N4O3/c1-3-35-25(34)31-12-4-5-19(14-31)29-24(33)22-15(2)23(16-6-8-17(26)9-7-16)32(30-22)21-11-10-18(27)13-20(21)28/h6-11,13,19H,3-5,12,14H2,1-2H3,(H,29,33)/t19-/m1/s1. The fraction of sp³-hybridized carbons (Fsp3) is 0.320. The van der Waals surface area contributed by atoms with Crippen molar-refractivity contribution in [3.63, 3.8) is 0 Å². The van der Waals surface area contributed by atoms with Gasteiger partial charge in [-0.3, -0.25) is 4.79 Å². The van der Waals surface area contributed by atoms with Crippen molar-refractivity contribution in [1.82, 2.24) is 20.0 Å². The van der Waals surface area contributed by atoms with Crippen LogP contribution in [0.3, 0.4) is 0 Å². The summed E-state index contributed by atoms with van der Waals surface area (Å²) in [6.07, 6.45) is 1.16. The molecule has 0 radical (unpaired) electrons. The van der Waals surface area contributed by atoms with Crippen LogP contribution >= 0.6 is 34.8 Å². The zero-order valence-corrected chi connectivity index (χ0v) is 21.6. The van der Waals surface area contributed by atoms with Gasteiger partial charge in [0, 0.05) is 40.3 Å². The molecule has 4 rings (SSSR count). The Morgan fingerprint density at radius 3 is 2.51 bits per heavy atom. The van der Waals surface area contributed by atoms with Gasteiger partial charge in [-0.1, -0.05) is 46.9 Å². The smallest absolute Gasteiger partial charge is 0.409 e. The zero-order valence-electron chi connectivity index (χ0n) is 19.4. The van der Waals surface area contributed by atoms with E-state index in [-0.39, 0.29) is 23.7 Å². The van der Waals surface area contributed by atoms with Gasteiger partial charge in [-0.15, -0.1) is 0 Å². The third-order valence-corrected chi connectivity index (χ3v) is 6.67. The monoisotopic (exact) mass is 534 g/mol. The Balaban J connectivity index is 1.68. The normalized spacial score (nSPS) is 15.7. The van der Waals surface area contributed by atoms with Gasteiger partial charge in [0.25, 0.3) is 5.91 Å². The van der Waals surface area contributed by atoms with E-state index in [0.29, 0.717) is 51.7 Å². The summed E-state index contributed by atoms with van der Waals surface area (Å²) in [5.74, 6) is -0.322. The average molecular weight is 536 g/mol. The summed E-state index contributed by atoms with van der Waals surface area (Å²) in [5.41, 5.74) is 3.10. The number of halogens is 3. The highest BCUT2D eigenvalue weighted by Gasteiger charge is 2.28. The van der Waals surface area contributed by atoms with E-state index in [2.05, 4.69) is 10.4 Å². The molecule has 1 N–H and O–H groups in total. The van der Waals surface area contributed by atoms with E-state index < -0.39 is 0 Å². The molecule has 3 aromatic rings. The molecule has 0 spiro atoms. The number of hydrogen-bond acceptors (Lipinski definition) is 4. The number of rotatable bonds is 5. The van der Waals surface area contributed by atoms with E-state index in [1.165, 1.54) is 0 Å². The number of hydrogen-bond donors (Lipinski definition) is 1. The minimum absolute atomic E-state index is 0.205. The molecule has 0 saturated carbocycles. The Morgan fingerprint density at radius 2 is 1.83 bits per heavy atom. The molecule has 10 heteroatoms. The number of nitrogens with one attached hydrogen (secondary N) is 1. The lowest BCUT2D eigenvalue weighted by Crippen LogP contribution is -2.49. The molecule has 1 aromatic heterocycles. The lowest BCUT2D eigenvalue weighted by molar-refractivity contribution is 0.0817. The predicted molar refractivity (Wildman–Crippen MR) is 138 cm³/mol. The van der Waals surface area contributed by atoms with Crippen molar-refractivity contribution in [2.45, 2.75) is 32.7 Å². The Bertz CT molecular complexity index is 1240. The van der Waals surface area contributed by atoms with Crippen molar-refractivity contribution in [3.8, 4) is 16.9 Å². The van der Waals surface area contributed by atoms with Crippen LogP contribution in [0.25, 0.3) is 16.9 Å². The molecule has 1 fully saturated rings. The van der Waals surface area contributed by atoms with E-state index in [1.54, 1.807) is 46.8 Å². The Kier molecular flexibility index (Phi) is 7.89. The van der Waals surface area contributed by atoms with Gasteiger partial charge in [0.2, 0.25) is 0 Å². The second-order valence-corrected chi connectivity index (χ2v) is 9.57. The molecule has 2 heterocycles. The molecule has 1 aliphatic heterocycles. The van der Waals surface area contributed by atoms with E-state index in [9.17, 15) is 9.59 Å². The fourth-order valence-corrected chi connectivity index (χ4v) is 4.83. The maximum absolute atomic E-state index is 13.4. The highest BCUT2D eigenvalue weighted by molar-refractivity contribution is 6.35. The number of ether oxygens (including phenoxy) is 1. The molecule has 184 valence electrons. The van der Waals surface area contributed by atoms with Crippen molar-refractivity contribution in [3.05, 3.63) is 68.8 Å². The minimum atomic E-state index is -0.366. The summed E-state index contributed by atoms with van der Waals surface area (Å²) in [6, 6.07) is 12.2. The molecule has 1 aliphatic rings. The lowest BCUT2D eigenvalue weighted by Gasteiger charge is -2.32. The first kappa shape index (κ1) is 25.4. The molecule has 7 nitrogen and oxygen atoms in total. The third-order valence-electron chi connectivity index (χ3n) is 5.88. The lowest BCUT2D eigenvalue weighted by atomic mass is 10.0. The van der Waals surface area contributed by atoms with Gasteiger partial charge < -0.3 is 15.0 Å². The number of aromatic nitrogens is 2. The first-order chi connectivity index (χ1) is 16.8. The number of amides is 2. The van der Waals surface area contributed by atoms with Gasteiger partial charge in [-0.25, -0.2) is 9.48 Å². The molecule has 2 aromatic carbocycles. The molecule has 1 atom stereocenters. The number of carbonyl (C=O) groups excluding carboxylic acids is 2. The number of likely N-dealkylation sites (tertiary alicyclic amines) is 1. The highest BCUT2D eigenvalue weighted by Crippen LogP contribution is 2.33. The van der Waals surface area contributed by atoms with Crippen LogP contribution in [-0.2, 0) is 4.74 Å². The number of carbonyl (C=O) groups is 2. The second-order valence-electron chi connectivity index (χ2n) is 8.29. The van der Waals surface area contributed by atoms with Crippen LogP contribution in [0, 0.1) is 6.92 Å². The van der Waals surface area contributed by atoms with Gasteiger partial charge in [0.05, 0.1) is 23.0 Å². The molecule has 0 aliphatic carbocycles.